The van der Waals surface area contributed by atoms with Crippen molar-refractivity contribution in [3.05, 3.63) is 21.6 Å². The van der Waals surface area contributed by atoms with E-state index in [0.717, 1.165) is 4.68 Å². The first-order valence-corrected chi connectivity index (χ1v) is 4.34. The molecule has 0 fully saturated rings. The third kappa shape index (κ3) is 1.66. The van der Waals surface area contributed by atoms with Crippen LogP contribution in [0.3, 0.4) is 0 Å². The van der Waals surface area contributed by atoms with Crippen molar-refractivity contribution in [2.75, 3.05) is 12.1 Å². The maximum absolute atomic E-state index is 10.9. The molecule has 0 radical (unpaired) electrons. The van der Waals surface area contributed by atoms with Crippen LogP contribution in [0, 0.1) is 0 Å². The number of nitrogen functional groups attached to an aromatic ring is 1. The van der Waals surface area contributed by atoms with E-state index in [4.69, 9.17) is 17.4 Å². The third-order valence-corrected chi connectivity index (χ3v) is 1.92. The predicted molar refractivity (Wildman–Crippen MR) is 45.4 cm³/mol. The van der Waals surface area contributed by atoms with E-state index in [0.29, 0.717) is 5.16 Å². The van der Waals surface area contributed by atoms with Crippen LogP contribution >= 0.6 is 23.4 Å². The first-order chi connectivity index (χ1) is 5.15. The Balaban J connectivity index is 3.36. The summed E-state index contributed by atoms with van der Waals surface area (Å²) in [6, 6.07) is 1.17. The summed E-state index contributed by atoms with van der Waals surface area (Å²) in [6.07, 6.45) is 1.77. The van der Waals surface area contributed by atoms with Gasteiger partial charge in [0.25, 0.3) is 5.56 Å². The average Bonchev–Trinajstić information content (AvgIpc) is 1.96. The topological polar surface area (TPSA) is 60.9 Å². The average molecular weight is 192 g/mol. The van der Waals surface area contributed by atoms with Gasteiger partial charge in [-0.25, -0.2) is 9.66 Å². The van der Waals surface area contributed by atoms with Crippen LogP contribution < -0.4 is 11.4 Å². The Bertz CT molecular complexity index is 324. The number of thioether (sulfide) groups is 1. The SMILES string of the molecule is CSc1nc(Cl)cc(=O)n1N. The zero-order valence-corrected chi connectivity index (χ0v) is 7.32. The van der Waals surface area contributed by atoms with E-state index in [1.807, 2.05) is 0 Å². The van der Waals surface area contributed by atoms with Crippen LogP contribution in [-0.2, 0) is 0 Å². The molecule has 1 aromatic heterocycles. The quantitative estimate of drug-likeness (QED) is 0.301. The van der Waals surface area contributed by atoms with Crippen LogP contribution in [0.1, 0.15) is 0 Å². The molecule has 6 heteroatoms. The lowest BCUT2D eigenvalue weighted by Gasteiger charge is -2.01. The molecule has 0 atom stereocenters. The summed E-state index contributed by atoms with van der Waals surface area (Å²) < 4.78 is 0.955. The molecular weight excluding hydrogens is 186 g/mol. The van der Waals surface area contributed by atoms with Gasteiger partial charge in [0.1, 0.15) is 5.15 Å². The summed E-state index contributed by atoms with van der Waals surface area (Å²) >= 11 is 6.77. The summed E-state index contributed by atoms with van der Waals surface area (Å²) in [5.74, 6) is 5.32. The second-order valence-electron chi connectivity index (χ2n) is 1.77. The minimum Gasteiger partial charge on any atom is -0.334 e. The van der Waals surface area contributed by atoms with Crippen LogP contribution in [0.2, 0.25) is 5.15 Å². The fourth-order valence-corrected chi connectivity index (χ4v) is 1.29. The van der Waals surface area contributed by atoms with Crippen molar-refractivity contribution in [1.29, 1.82) is 0 Å². The van der Waals surface area contributed by atoms with E-state index >= 15 is 0 Å². The molecule has 1 heterocycles. The number of aromatic nitrogens is 2. The van der Waals surface area contributed by atoms with Gasteiger partial charge < -0.3 is 5.84 Å². The molecule has 11 heavy (non-hydrogen) atoms. The first-order valence-electron chi connectivity index (χ1n) is 2.74. The molecule has 0 bridgehead atoms. The van der Waals surface area contributed by atoms with Crippen LogP contribution in [0.15, 0.2) is 16.0 Å². The zero-order chi connectivity index (χ0) is 8.43. The van der Waals surface area contributed by atoms with Gasteiger partial charge in [-0.15, -0.1) is 0 Å². The maximum Gasteiger partial charge on any atom is 0.274 e. The molecule has 0 aliphatic carbocycles. The number of halogens is 1. The lowest BCUT2D eigenvalue weighted by Crippen LogP contribution is -2.28. The van der Waals surface area contributed by atoms with Crippen molar-refractivity contribution in [2.45, 2.75) is 5.16 Å². The molecule has 0 unspecified atom stereocenters. The number of hydrogen-bond donors (Lipinski definition) is 1. The highest BCUT2D eigenvalue weighted by atomic mass is 35.5. The Morgan fingerprint density at radius 2 is 2.45 bits per heavy atom. The molecule has 0 aliphatic heterocycles. The summed E-state index contributed by atoms with van der Waals surface area (Å²) in [7, 11) is 0. The lowest BCUT2D eigenvalue weighted by molar-refractivity contribution is 0.760. The Kier molecular flexibility index (Phi) is 2.41. The summed E-state index contributed by atoms with van der Waals surface area (Å²) in [6.45, 7) is 0. The van der Waals surface area contributed by atoms with Crippen molar-refractivity contribution in [3.63, 3.8) is 0 Å². The molecule has 0 saturated heterocycles. The molecule has 0 aromatic carbocycles. The largest absolute Gasteiger partial charge is 0.334 e. The summed E-state index contributed by atoms with van der Waals surface area (Å²) in [5, 5.41) is 0.573. The van der Waals surface area contributed by atoms with Crippen molar-refractivity contribution >= 4 is 23.4 Å². The van der Waals surface area contributed by atoms with Gasteiger partial charge in [-0.2, -0.15) is 0 Å². The maximum atomic E-state index is 10.9. The van der Waals surface area contributed by atoms with Crippen molar-refractivity contribution in [1.82, 2.24) is 9.66 Å². The van der Waals surface area contributed by atoms with Crippen LogP contribution in [0.5, 0.6) is 0 Å². The molecule has 0 saturated carbocycles. The second kappa shape index (κ2) is 3.15. The predicted octanol–water partition coefficient (Wildman–Crippen LogP) is 0.332. The molecule has 0 amide bonds. The van der Waals surface area contributed by atoms with Crippen molar-refractivity contribution in [3.8, 4) is 0 Å². The highest BCUT2D eigenvalue weighted by Gasteiger charge is 2.02. The van der Waals surface area contributed by atoms with Gasteiger partial charge in [0.15, 0.2) is 5.16 Å². The minimum absolute atomic E-state index is 0.168. The van der Waals surface area contributed by atoms with Gasteiger partial charge in [0.05, 0.1) is 0 Å². The number of rotatable bonds is 1. The Morgan fingerprint density at radius 1 is 1.82 bits per heavy atom. The molecule has 2 N–H and O–H groups in total. The van der Waals surface area contributed by atoms with Gasteiger partial charge in [0.2, 0.25) is 0 Å². The first kappa shape index (κ1) is 8.42. The monoisotopic (exact) mass is 191 g/mol. The summed E-state index contributed by atoms with van der Waals surface area (Å²) in [4.78, 5) is 14.7. The highest BCUT2D eigenvalue weighted by Crippen LogP contribution is 2.09. The number of nitrogens with zero attached hydrogens (tertiary/aromatic N) is 2. The van der Waals surface area contributed by atoms with Gasteiger partial charge in [0, 0.05) is 6.07 Å². The number of nitrogens with two attached hydrogens (primary N) is 1. The van der Waals surface area contributed by atoms with Crippen LogP contribution in [0.25, 0.3) is 0 Å². The molecule has 60 valence electrons. The van der Waals surface area contributed by atoms with Crippen molar-refractivity contribution in [2.24, 2.45) is 0 Å². The number of hydrogen-bond acceptors (Lipinski definition) is 4. The van der Waals surface area contributed by atoms with Crippen LogP contribution in [0.4, 0.5) is 0 Å². The van der Waals surface area contributed by atoms with E-state index < -0.39 is 0 Å². The Labute approximate surface area is 72.3 Å². The Hall–Kier alpha value is -0.680. The normalized spacial score (nSPS) is 10.0. The van der Waals surface area contributed by atoms with E-state index in [9.17, 15) is 4.79 Å². The molecular formula is C5H6ClN3OS. The molecule has 0 spiro atoms. The molecule has 0 aliphatic rings. The third-order valence-electron chi connectivity index (χ3n) is 1.07. The lowest BCUT2D eigenvalue weighted by atomic mass is 10.7. The smallest absolute Gasteiger partial charge is 0.274 e. The Morgan fingerprint density at radius 3 is 3.00 bits per heavy atom. The van der Waals surface area contributed by atoms with Crippen LogP contribution in [-0.4, -0.2) is 15.9 Å². The van der Waals surface area contributed by atoms with Crippen molar-refractivity contribution < 1.29 is 0 Å². The fraction of sp³-hybridized carbons (Fsp3) is 0.200. The van der Waals surface area contributed by atoms with Gasteiger partial charge in [-0.1, -0.05) is 23.4 Å². The minimum atomic E-state index is -0.352. The molecule has 4 nitrogen and oxygen atoms in total. The zero-order valence-electron chi connectivity index (χ0n) is 5.74. The van der Waals surface area contributed by atoms with Gasteiger partial charge in [-0.05, 0) is 6.26 Å². The van der Waals surface area contributed by atoms with E-state index in [1.165, 1.54) is 17.8 Å². The molecule has 1 rings (SSSR count). The van der Waals surface area contributed by atoms with Gasteiger partial charge >= 0.3 is 0 Å². The standard InChI is InChI=1S/C5H6ClN3OS/c1-11-5-8-3(6)2-4(10)9(5)7/h2H,7H2,1H3. The van der Waals surface area contributed by atoms with Gasteiger partial charge in [-0.3, -0.25) is 4.79 Å². The van der Waals surface area contributed by atoms with E-state index in [-0.39, 0.29) is 10.7 Å². The second-order valence-corrected chi connectivity index (χ2v) is 2.93. The fourth-order valence-electron chi connectivity index (χ4n) is 0.587. The summed E-state index contributed by atoms with van der Waals surface area (Å²) in [5.41, 5.74) is -0.352. The molecule has 1 aromatic rings. The highest BCUT2D eigenvalue weighted by molar-refractivity contribution is 7.98. The van der Waals surface area contributed by atoms with E-state index in [1.54, 1.807) is 6.26 Å². The van der Waals surface area contributed by atoms with E-state index in [2.05, 4.69) is 4.98 Å².